The Kier molecular flexibility index (Phi) is 7.03. The fraction of sp³-hybridized carbons (Fsp3) is 0.167. The number of amides is 1. The molecule has 130 valence electrons. The summed E-state index contributed by atoms with van der Waals surface area (Å²) in [5, 5.41) is 4.29. The number of rotatable bonds is 6. The summed E-state index contributed by atoms with van der Waals surface area (Å²) in [6.45, 7) is 1.80. The van der Waals surface area contributed by atoms with Gasteiger partial charge < -0.3 is 4.74 Å². The standard InChI is InChI=1S/C18H17ClN2O3S/c1-12(25-16-9-7-15(19)8-10-16)17(22)21-20-11-13-3-5-14(6-4-13)18(23)24-2/h3-12H,1-2H3,(H,21,22)/b20-11-/t12-/m1/s1. The fourth-order valence-corrected chi connectivity index (χ4v) is 2.84. The molecule has 0 fully saturated rings. The zero-order valence-corrected chi connectivity index (χ0v) is 15.3. The number of nitrogens with zero attached hydrogens (tertiary/aromatic N) is 1. The summed E-state index contributed by atoms with van der Waals surface area (Å²) in [5.41, 5.74) is 3.71. The molecule has 25 heavy (non-hydrogen) atoms. The van der Waals surface area contributed by atoms with Crippen molar-refractivity contribution in [2.75, 3.05) is 7.11 Å². The predicted molar refractivity (Wildman–Crippen MR) is 100 cm³/mol. The van der Waals surface area contributed by atoms with Crippen LogP contribution in [0.1, 0.15) is 22.8 Å². The lowest BCUT2D eigenvalue weighted by Gasteiger charge is -2.09. The van der Waals surface area contributed by atoms with Gasteiger partial charge in [0.1, 0.15) is 0 Å². The first-order chi connectivity index (χ1) is 12.0. The molecule has 7 heteroatoms. The third kappa shape index (κ3) is 5.92. The number of nitrogens with one attached hydrogen (secondary N) is 1. The maximum absolute atomic E-state index is 12.1. The summed E-state index contributed by atoms with van der Waals surface area (Å²) in [7, 11) is 1.33. The molecule has 1 N–H and O–H groups in total. The molecule has 5 nitrogen and oxygen atoms in total. The van der Waals surface area contributed by atoms with Crippen LogP contribution < -0.4 is 5.43 Å². The van der Waals surface area contributed by atoms with Gasteiger partial charge in [0.05, 0.1) is 24.1 Å². The Balaban J connectivity index is 1.86. The van der Waals surface area contributed by atoms with Gasteiger partial charge in [0.2, 0.25) is 0 Å². The largest absolute Gasteiger partial charge is 0.465 e. The van der Waals surface area contributed by atoms with E-state index in [9.17, 15) is 9.59 Å². The summed E-state index contributed by atoms with van der Waals surface area (Å²) in [5.74, 6) is -0.604. The van der Waals surface area contributed by atoms with Crippen molar-refractivity contribution in [3.63, 3.8) is 0 Å². The van der Waals surface area contributed by atoms with Crippen LogP contribution in [0.3, 0.4) is 0 Å². The molecular weight excluding hydrogens is 360 g/mol. The van der Waals surface area contributed by atoms with Crippen LogP contribution in [0.4, 0.5) is 0 Å². The summed E-state index contributed by atoms with van der Waals surface area (Å²) in [6.07, 6.45) is 1.51. The fourth-order valence-electron chi connectivity index (χ4n) is 1.86. The second-order valence-corrected chi connectivity index (χ2v) is 6.91. The quantitative estimate of drug-likeness (QED) is 0.361. The number of carbonyl (C=O) groups is 2. The number of hydrogen-bond donors (Lipinski definition) is 1. The molecule has 0 aliphatic carbocycles. The van der Waals surface area contributed by atoms with E-state index in [4.69, 9.17) is 11.6 Å². The van der Waals surface area contributed by atoms with Gasteiger partial charge in [0, 0.05) is 9.92 Å². The van der Waals surface area contributed by atoms with Crippen molar-refractivity contribution in [2.45, 2.75) is 17.1 Å². The molecule has 0 aromatic heterocycles. The SMILES string of the molecule is COC(=O)c1ccc(/C=N\NC(=O)[C@@H](C)Sc2ccc(Cl)cc2)cc1. The van der Waals surface area contributed by atoms with Crippen molar-refractivity contribution in [1.29, 1.82) is 0 Å². The molecule has 0 unspecified atom stereocenters. The summed E-state index contributed by atoms with van der Waals surface area (Å²) < 4.78 is 4.63. The van der Waals surface area contributed by atoms with Gasteiger partial charge in [-0.3, -0.25) is 4.79 Å². The predicted octanol–water partition coefficient (Wildman–Crippen LogP) is 3.76. The van der Waals surface area contributed by atoms with E-state index >= 15 is 0 Å². The molecule has 0 saturated carbocycles. The van der Waals surface area contributed by atoms with Crippen molar-refractivity contribution >= 4 is 41.5 Å². The molecule has 0 spiro atoms. The van der Waals surface area contributed by atoms with Crippen LogP contribution in [0.25, 0.3) is 0 Å². The van der Waals surface area contributed by atoms with Gasteiger partial charge in [-0.2, -0.15) is 5.10 Å². The van der Waals surface area contributed by atoms with Gasteiger partial charge in [-0.25, -0.2) is 10.2 Å². The molecule has 0 radical (unpaired) electrons. The van der Waals surface area contributed by atoms with Crippen molar-refractivity contribution in [1.82, 2.24) is 5.43 Å². The lowest BCUT2D eigenvalue weighted by Crippen LogP contribution is -2.26. The van der Waals surface area contributed by atoms with Gasteiger partial charge in [0.25, 0.3) is 5.91 Å². The molecule has 2 rings (SSSR count). The number of halogens is 1. The molecule has 0 aliphatic heterocycles. The van der Waals surface area contributed by atoms with Crippen LogP contribution >= 0.6 is 23.4 Å². The average Bonchev–Trinajstić information content (AvgIpc) is 2.63. The second kappa shape index (κ2) is 9.25. The minimum absolute atomic E-state index is 0.206. The van der Waals surface area contributed by atoms with Crippen LogP contribution in [0, 0.1) is 0 Å². The number of benzene rings is 2. The van der Waals surface area contributed by atoms with Crippen LogP contribution in [-0.4, -0.2) is 30.5 Å². The monoisotopic (exact) mass is 376 g/mol. The first-order valence-electron chi connectivity index (χ1n) is 7.43. The van der Waals surface area contributed by atoms with Crippen LogP contribution in [0.2, 0.25) is 5.02 Å². The van der Waals surface area contributed by atoms with Crippen molar-refractivity contribution in [3.8, 4) is 0 Å². The number of methoxy groups -OCH3 is 1. The zero-order valence-electron chi connectivity index (χ0n) is 13.7. The van der Waals surface area contributed by atoms with Crippen molar-refractivity contribution in [3.05, 3.63) is 64.7 Å². The minimum atomic E-state index is -0.398. The maximum atomic E-state index is 12.1. The molecule has 2 aromatic rings. The third-order valence-corrected chi connectivity index (χ3v) is 4.58. The van der Waals surface area contributed by atoms with Gasteiger partial charge in [-0.05, 0) is 48.9 Å². The first kappa shape index (κ1) is 19.0. The Morgan fingerprint density at radius 2 is 1.80 bits per heavy atom. The molecule has 0 saturated heterocycles. The minimum Gasteiger partial charge on any atom is -0.465 e. The summed E-state index contributed by atoms with van der Waals surface area (Å²) in [4.78, 5) is 24.4. The Labute approximate surface area is 155 Å². The third-order valence-electron chi connectivity index (χ3n) is 3.22. The van der Waals surface area contributed by atoms with E-state index < -0.39 is 5.97 Å². The number of hydrogen-bond acceptors (Lipinski definition) is 5. The highest BCUT2D eigenvalue weighted by molar-refractivity contribution is 8.00. The number of carbonyl (C=O) groups excluding carboxylic acids is 2. The first-order valence-corrected chi connectivity index (χ1v) is 8.69. The smallest absolute Gasteiger partial charge is 0.337 e. The summed E-state index contributed by atoms with van der Waals surface area (Å²) in [6, 6.07) is 14.0. The van der Waals surface area contributed by atoms with Gasteiger partial charge in [-0.1, -0.05) is 23.7 Å². The molecule has 0 aliphatic rings. The molecular formula is C18H17ClN2O3S. The highest BCUT2D eigenvalue weighted by Gasteiger charge is 2.13. The van der Waals surface area contributed by atoms with Gasteiger partial charge in [-0.15, -0.1) is 11.8 Å². The highest BCUT2D eigenvalue weighted by atomic mass is 35.5. The molecule has 0 bridgehead atoms. The Morgan fingerprint density at radius 3 is 2.40 bits per heavy atom. The molecule has 1 amide bonds. The lowest BCUT2D eigenvalue weighted by molar-refractivity contribution is -0.120. The Bertz CT molecular complexity index is 761. The number of thioether (sulfide) groups is 1. The number of hydrazone groups is 1. The van der Waals surface area contributed by atoms with E-state index in [0.29, 0.717) is 10.6 Å². The van der Waals surface area contributed by atoms with Crippen molar-refractivity contribution in [2.24, 2.45) is 5.10 Å². The van der Waals surface area contributed by atoms with Crippen LogP contribution in [-0.2, 0) is 9.53 Å². The highest BCUT2D eigenvalue weighted by Crippen LogP contribution is 2.24. The van der Waals surface area contributed by atoms with E-state index in [0.717, 1.165) is 10.5 Å². The normalized spacial score (nSPS) is 12.0. The Hall–Kier alpha value is -2.31. The Morgan fingerprint density at radius 1 is 1.16 bits per heavy atom. The van der Waals surface area contributed by atoms with E-state index in [1.807, 2.05) is 12.1 Å². The molecule has 2 aromatic carbocycles. The molecule has 1 atom stereocenters. The van der Waals surface area contributed by atoms with Crippen LogP contribution in [0.15, 0.2) is 58.5 Å². The molecule has 0 heterocycles. The average molecular weight is 377 g/mol. The van der Waals surface area contributed by atoms with Crippen molar-refractivity contribution < 1.29 is 14.3 Å². The second-order valence-electron chi connectivity index (χ2n) is 5.06. The number of ether oxygens (including phenoxy) is 1. The maximum Gasteiger partial charge on any atom is 0.337 e. The summed E-state index contributed by atoms with van der Waals surface area (Å²) >= 11 is 7.26. The lowest BCUT2D eigenvalue weighted by atomic mass is 10.1. The van der Waals surface area contributed by atoms with Gasteiger partial charge >= 0.3 is 5.97 Å². The van der Waals surface area contributed by atoms with E-state index in [1.54, 1.807) is 43.3 Å². The van der Waals surface area contributed by atoms with E-state index in [1.165, 1.54) is 25.1 Å². The number of esters is 1. The topological polar surface area (TPSA) is 67.8 Å². The zero-order chi connectivity index (χ0) is 18.2. The van der Waals surface area contributed by atoms with Gasteiger partial charge in [0.15, 0.2) is 0 Å². The van der Waals surface area contributed by atoms with Crippen LogP contribution in [0.5, 0.6) is 0 Å². The van der Waals surface area contributed by atoms with E-state index in [-0.39, 0.29) is 11.2 Å². The van der Waals surface area contributed by atoms with E-state index in [2.05, 4.69) is 15.3 Å².